The molecule has 0 saturated heterocycles. The molecule has 0 spiro atoms. The fourth-order valence-electron chi connectivity index (χ4n) is 2.87. The molecular weight excluding hydrogens is 418 g/mol. The lowest BCUT2D eigenvalue weighted by molar-refractivity contribution is -0.127. The molecule has 2 heterocycles. The Morgan fingerprint density at radius 3 is 2.65 bits per heavy atom. The van der Waals surface area contributed by atoms with Crippen molar-refractivity contribution < 1.29 is 14.3 Å². The highest BCUT2D eigenvalue weighted by Gasteiger charge is 2.15. The van der Waals surface area contributed by atoms with Gasteiger partial charge in [-0.25, -0.2) is 0 Å². The maximum atomic E-state index is 12.2. The second-order valence-corrected chi connectivity index (χ2v) is 7.07. The Bertz CT molecular complexity index is 1180. The van der Waals surface area contributed by atoms with Crippen LogP contribution in [0.2, 0.25) is 5.02 Å². The predicted molar refractivity (Wildman–Crippen MR) is 116 cm³/mol. The molecule has 0 fully saturated rings. The number of nitrogens with zero attached hydrogens (tertiary/aromatic N) is 4. The van der Waals surface area contributed by atoms with E-state index in [0.717, 1.165) is 5.56 Å². The van der Waals surface area contributed by atoms with Crippen molar-refractivity contribution >= 4 is 23.2 Å². The standard InChI is InChI=1S/C22H20ClN5O3/c1-15(31-18-10-6-5-9-17(18)23)22(29)24-13-14-30-20-12-11-19-25-26-21(28(19)27-20)16-7-3-2-4-8-16/h2-12,15H,13-14H2,1H3,(H,24,29). The van der Waals surface area contributed by atoms with Crippen molar-refractivity contribution in [2.45, 2.75) is 13.0 Å². The van der Waals surface area contributed by atoms with Gasteiger partial charge in [-0.1, -0.05) is 54.1 Å². The normalized spacial score (nSPS) is 11.8. The molecule has 0 aliphatic rings. The third kappa shape index (κ3) is 4.92. The Morgan fingerprint density at radius 2 is 1.84 bits per heavy atom. The Kier molecular flexibility index (Phi) is 6.28. The number of para-hydroxylation sites is 1. The zero-order chi connectivity index (χ0) is 21.6. The van der Waals surface area contributed by atoms with Crippen LogP contribution in [0, 0.1) is 0 Å². The fraction of sp³-hybridized carbons (Fsp3) is 0.182. The Hall–Kier alpha value is -3.65. The molecule has 9 heteroatoms. The van der Waals surface area contributed by atoms with Crippen LogP contribution < -0.4 is 14.8 Å². The maximum Gasteiger partial charge on any atom is 0.260 e. The molecular formula is C22H20ClN5O3. The van der Waals surface area contributed by atoms with Crippen LogP contribution in [-0.4, -0.2) is 45.0 Å². The Labute approximate surface area is 183 Å². The highest BCUT2D eigenvalue weighted by Crippen LogP contribution is 2.24. The molecule has 2 aromatic carbocycles. The van der Waals surface area contributed by atoms with Crippen LogP contribution in [0.5, 0.6) is 11.6 Å². The molecule has 8 nitrogen and oxygen atoms in total. The number of hydrogen-bond acceptors (Lipinski definition) is 6. The lowest BCUT2D eigenvalue weighted by atomic mass is 10.2. The Morgan fingerprint density at radius 1 is 1.06 bits per heavy atom. The molecule has 1 atom stereocenters. The summed E-state index contributed by atoms with van der Waals surface area (Å²) < 4.78 is 12.9. The number of carbonyl (C=O) groups is 1. The summed E-state index contributed by atoms with van der Waals surface area (Å²) in [7, 11) is 0. The van der Waals surface area contributed by atoms with Crippen LogP contribution in [0.25, 0.3) is 17.0 Å². The summed E-state index contributed by atoms with van der Waals surface area (Å²) in [4.78, 5) is 12.2. The smallest absolute Gasteiger partial charge is 0.260 e. The number of rotatable bonds is 8. The molecule has 0 aliphatic heterocycles. The lowest BCUT2D eigenvalue weighted by Crippen LogP contribution is -2.38. The van der Waals surface area contributed by atoms with E-state index < -0.39 is 6.10 Å². The molecule has 1 amide bonds. The number of amides is 1. The van der Waals surface area contributed by atoms with Crippen LogP contribution in [-0.2, 0) is 4.79 Å². The first kappa shape index (κ1) is 20.6. The van der Waals surface area contributed by atoms with Gasteiger partial charge in [0, 0.05) is 11.6 Å². The highest BCUT2D eigenvalue weighted by molar-refractivity contribution is 6.32. The number of carbonyl (C=O) groups excluding carboxylic acids is 1. The second-order valence-electron chi connectivity index (χ2n) is 6.66. The summed E-state index contributed by atoms with van der Waals surface area (Å²) in [5.74, 6) is 1.22. The molecule has 31 heavy (non-hydrogen) atoms. The summed E-state index contributed by atoms with van der Waals surface area (Å²) in [6, 6.07) is 20.2. The van der Waals surface area contributed by atoms with Gasteiger partial charge in [0.05, 0.1) is 11.6 Å². The third-order valence-corrected chi connectivity index (χ3v) is 4.74. The van der Waals surface area contributed by atoms with Crippen molar-refractivity contribution in [2.75, 3.05) is 13.2 Å². The monoisotopic (exact) mass is 437 g/mol. The Balaban J connectivity index is 1.31. The summed E-state index contributed by atoms with van der Waals surface area (Å²) >= 11 is 6.06. The van der Waals surface area contributed by atoms with Crippen molar-refractivity contribution in [3.63, 3.8) is 0 Å². The van der Waals surface area contributed by atoms with E-state index in [0.29, 0.717) is 34.7 Å². The van der Waals surface area contributed by atoms with Crippen molar-refractivity contribution in [2.24, 2.45) is 0 Å². The summed E-state index contributed by atoms with van der Waals surface area (Å²) in [5.41, 5.74) is 1.52. The molecule has 4 aromatic rings. The minimum Gasteiger partial charge on any atom is -0.479 e. The average molecular weight is 438 g/mol. The zero-order valence-corrected chi connectivity index (χ0v) is 17.5. The fourth-order valence-corrected chi connectivity index (χ4v) is 3.05. The van der Waals surface area contributed by atoms with Gasteiger partial charge in [-0.2, -0.15) is 4.52 Å². The summed E-state index contributed by atoms with van der Waals surface area (Å²) in [5, 5.41) is 16.0. The van der Waals surface area contributed by atoms with Gasteiger partial charge in [-0.3, -0.25) is 4.79 Å². The summed E-state index contributed by atoms with van der Waals surface area (Å²) in [6.07, 6.45) is -0.695. The molecule has 0 saturated carbocycles. The summed E-state index contributed by atoms with van der Waals surface area (Å²) in [6.45, 7) is 2.19. The van der Waals surface area contributed by atoms with Crippen molar-refractivity contribution in [1.29, 1.82) is 0 Å². The van der Waals surface area contributed by atoms with Crippen LogP contribution in [0.4, 0.5) is 0 Å². The molecule has 4 rings (SSSR count). The van der Waals surface area contributed by atoms with Gasteiger partial charge in [0.2, 0.25) is 5.88 Å². The minimum absolute atomic E-state index is 0.242. The lowest BCUT2D eigenvalue weighted by Gasteiger charge is -2.15. The quantitative estimate of drug-likeness (QED) is 0.425. The molecule has 1 unspecified atom stereocenters. The van der Waals surface area contributed by atoms with Gasteiger partial charge in [-0.05, 0) is 25.1 Å². The van der Waals surface area contributed by atoms with Crippen LogP contribution in [0.3, 0.4) is 0 Å². The number of benzene rings is 2. The van der Waals surface area contributed by atoms with E-state index in [1.54, 1.807) is 47.8 Å². The van der Waals surface area contributed by atoms with E-state index in [9.17, 15) is 4.79 Å². The molecule has 0 aliphatic carbocycles. The van der Waals surface area contributed by atoms with E-state index in [1.165, 1.54) is 0 Å². The first-order chi connectivity index (χ1) is 15.1. The third-order valence-electron chi connectivity index (χ3n) is 4.43. The zero-order valence-electron chi connectivity index (χ0n) is 16.7. The molecule has 158 valence electrons. The topological polar surface area (TPSA) is 90.6 Å². The number of nitrogens with one attached hydrogen (secondary N) is 1. The first-order valence-corrected chi connectivity index (χ1v) is 10.1. The molecule has 0 bridgehead atoms. The average Bonchev–Trinajstić information content (AvgIpc) is 3.22. The van der Waals surface area contributed by atoms with Gasteiger partial charge in [0.1, 0.15) is 12.4 Å². The van der Waals surface area contributed by atoms with Crippen molar-refractivity contribution in [1.82, 2.24) is 25.1 Å². The van der Waals surface area contributed by atoms with Crippen LogP contribution >= 0.6 is 11.6 Å². The minimum atomic E-state index is -0.695. The van der Waals surface area contributed by atoms with E-state index >= 15 is 0 Å². The largest absolute Gasteiger partial charge is 0.479 e. The predicted octanol–water partition coefficient (Wildman–Crippen LogP) is 3.41. The van der Waals surface area contributed by atoms with Gasteiger partial charge in [0.25, 0.3) is 5.91 Å². The van der Waals surface area contributed by atoms with Gasteiger partial charge >= 0.3 is 0 Å². The molecule has 1 N–H and O–H groups in total. The first-order valence-electron chi connectivity index (χ1n) is 9.71. The number of halogens is 1. The second kappa shape index (κ2) is 9.44. The highest BCUT2D eigenvalue weighted by atomic mass is 35.5. The van der Waals surface area contributed by atoms with Gasteiger partial charge in [0.15, 0.2) is 17.6 Å². The van der Waals surface area contributed by atoms with E-state index in [-0.39, 0.29) is 12.5 Å². The van der Waals surface area contributed by atoms with E-state index in [4.69, 9.17) is 21.1 Å². The molecule has 2 aromatic heterocycles. The van der Waals surface area contributed by atoms with Crippen LogP contribution in [0.1, 0.15) is 6.92 Å². The van der Waals surface area contributed by atoms with Crippen molar-refractivity contribution in [3.05, 3.63) is 71.8 Å². The van der Waals surface area contributed by atoms with Gasteiger partial charge < -0.3 is 14.8 Å². The number of fused-ring (bicyclic) bond motifs is 1. The van der Waals surface area contributed by atoms with E-state index in [1.807, 2.05) is 30.3 Å². The SMILES string of the molecule is CC(Oc1ccccc1Cl)C(=O)NCCOc1ccc2nnc(-c3ccccc3)n2n1. The number of ether oxygens (including phenoxy) is 2. The number of aromatic nitrogens is 4. The maximum absolute atomic E-state index is 12.2. The van der Waals surface area contributed by atoms with Crippen molar-refractivity contribution in [3.8, 4) is 23.0 Å². The van der Waals surface area contributed by atoms with Gasteiger partial charge in [-0.15, -0.1) is 15.3 Å². The van der Waals surface area contributed by atoms with E-state index in [2.05, 4.69) is 20.6 Å². The molecule has 0 radical (unpaired) electrons. The van der Waals surface area contributed by atoms with Crippen LogP contribution in [0.15, 0.2) is 66.7 Å². The number of hydrogen-bond donors (Lipinski definition) is 1.